The summed E-state index contributed by atoms with van der Waals surface area (Å²) in [4.78, 5) is 35.9. The van der Waals surface area contributed by atoms with E-state index in [1.807, 2.05) is 0 Å². The number of ether oxygens (including phenoxy) is 2. The molecule has 9 nitrogen and oxygen atoms in total. The Morgan fingerprint density at radius 2 is 1.60 bits per heavy atom. The molecule has 0 aromatic heterocycles. The summed E-state index contributed by atoms with van der Waals surface area (Å²) in [5.74, 6) is -0.771. The van der Waals surface area contributed by atoms with Crippen LogP contribution in [-0.2, 0) is 11.3 Å². The third-order valence-electron chi connectivity index (χ3n) is 3.86. The lowest BCUT2D eigenvalue weighted by Crippen LogP contribution is -2.32. The number of anilines is 1. The van der Waals surface area contributed by atoms with Crippen molar-refractivity contribution in [2.24, 2.45) is 0 Å². The monoisotopic (exact) mass is 415 g/mol. The molecule has 30 heavy (non-hydrogen) atoms. The molecule has 0 saturated heterocycles. The Kier molecular flexibility index (Phi) is 7.38. The highest BCUT2D eigenvalue weighted by Crippen LogP contribution is 2.26. The van der Waals surface area contributed by atoms with Crippen molar-refractivity contribution in [2.45, 2.75) is 32.9 Å². The molecule has 0 bridgehead atoms. The number of hydroxylamine groups is 1. The minimum absolute atomic E-state index is 0.150. The molecule has 0 aliphatic heterocycles. The van der Waals surface area contributed by atoms with Gasteiger partial charge in [-0.15, -0.1) is 0 Å². The Balaban J connectivity index is 2.04. The largest absolute Gasteiger partial charge is 0.495 e. The fourth-order valence-electron chi connectivity index (χ4n) is 2.47. The van der Waals surface area contributed by atoms with Crippen LogP contribution in [0.3, 0.4) is 0 Å². The third kappa shape index (κ3) is 6.49. The second-order valence-electron chi connectivity index (χ2n) is 7.36. The van der Waals surface area contributed by atoms with E-state index in [4.69, 9.17) is 14.7 Å². The molecule has 0 radical (unpaired) electrons. The molecule has 160 valence electrons. The Morgan fingerprint density at radius 3 is 2.17 bits per heavy atom. The molecule has 0 atom stereocenters. The van der Waals surface area contributed by atoms with Crippen molar-refractivity contribution in [3.63, 3.8) is 0 Å². The lowest BCUT2D eigenvalue weighted by atomic mass is 10.1. The maximum atomic E-state index is 12.6. The number of amides is 3. The average molecular weight is 415 g/mol. The van der Waals surface area contributed by atoms with Gasteiger partial charge in [0, 0.05) is 17.7 Å². The van der Waals surface area contributed by atoms with Gasteiger partial charge in [-0.1, -0.05) is 12.1 Å². The molecule has 2 rings (SSSR count). The van der Waals surface area contributed by atoms with Crippen molar-refractivity contribution in [3.05, 3.63) is 59.2 Å². The van der Waals surface area contributed by atoms with Crippen LogP contribution < -0.4 is 20.9 Å². The van der Waals surface area contributed by atoms with Gasteiger partial charge in [0.15, 0.2) is 0 Å². The zero-order valence-corrected chi connectivity index (χ0v) is 17.2. The molecule has 3 amide bonds. The van der Waals surface area contributed by atoms with Gasteiger partial charge in [-0.25, -0.2) is 10.3 Å². The summed E-state index contributed by atoms with van der Waals surface area (Å²) in [5, 5.41) is 14.1. The summed E-state index contributed by atoms with van der Waals surface area (Å²) >= 11 is 0. The SMILES string of the molecule is COc1ccc(C(=O)NO)cc1NC(=O)c1ccc(CNC(=O)OC(C)(C)C)cc1. The predicted octanol–water partition coefficient (Wildman–Crippen LogP) is 3.09. The first-order valence-corrected chi connectivity index (χ1v) is 9.12. The molecule has 4 N–H and O–H groups in total. The number of benzene rings is 2. The van der Waals surface area contributed by atoms with E-state index in [0.29, 0.717) is 11.3 Å². The van der Waals surface area contributed by atoms with Gasteiger partial charge in [0.05, 0.1) is 12.8 Å². The number of nitrogens with one attached hydrogen (secondary N) is 3. The van der Waals surface area contributed by atoms with E-state index in [0.717, 1.165) is 5.56 Å². The van der Waals surface area contributed by atoms with Gasteiger partial charge in [-0.05, 0) is 56.7 Å². The van der Waals surface area contributed by atoms with E-state index >= 15 is 0 Å². The van der Waals surface area contributed by atoms with E-state index < -0.39 is 23.5 Å². The lowest BCUT2D eigenvalue weighted by molar-refractivity contribution is 0.0523. The lowest BCUT2D eigenvalue weighted by Gasteiger charge is -2.19. The molecule has 0 aliphatic rings. The van der Waals surface area contributed by atoms with E-state index in [1.165, 1.54) is 30.8 Å². The van der Waals surface area contributed by atoms with Crippen LogP contribution >= 0.6 is 0 Å². The van der Waals surface area contributed by atoms with E-state index in [2.05, 4.69) is 10.6 Å². The zero-order chi connectivity index (χ0) is 22.3. The van der Waals surface area contributed by atoms with Crippen molar-refractivity contribution >= 4 is 23.6 Å². The van der Waals surface area contributed by atoms with Crippen LogP contribution in [0.2, 0.25) is 0 Å². The van der Waals surface area contributed by atoms with Gasteiger partial charge in [0.2, 0.25) is 0 Å². The van der Waals surface area contributed by atoms with Gasteiger partial charge in [0.25, 0.3) is 11.8 Å². The maximum absolute atomic E-state index is 12.6. The van der Waals surface area contributed by atoms with Crippen LogP contribution in [0.4, 0.5) is 10.5 Å². The molecular formula is C21H25N3O6. The molecule has 0 fully saturated rings. The predicted molar refractivity (Wildman–Crippen MR) is 110 cm³/mol. The second-order valence-corrected chi connectivity index (χ2v) is 7.36. The molecular weight excluding hydrogens is 390 g/mol. The molecule has 0 unspecified atom stereocenters. The van der Waals surface area contributed by atoms with Crippen LogP contribution in [-0.4, -0.2) is 35.8 Å². The van der Waals surface area contributed by atoms with Crippen LogP contribution in [0.1, 0.15) is 47.1 Å². The summed E-state index contributed by atoms with van der Waals surface area (Å²) < 4.78 is 10.4. The smallest absolute Gasteiger partial charge is 0.407 e. The van der Waals surface area contributed by atoms with E-state index in [1.54, 1.807) is 45.0 Å². The maximum Gasteiger partial charge on any atom is 0.407 e. The normalized spacial score (nSPS) is 10.7. The topological polar surface area (TPSA) is 126 Å². The van der Waals surface area contributed by atoms with Gasteiger partial charge in [0.1, 0.15) is 11.4 Å². The van der Waals surface area contributed by atoms with E-state index in [-0.39, 0.29) is 17.8 Å². The van der Waals surface area contributed by atoms with Crippen LogP contribution in [0.5, 0.6) is 5.75 Å². The van der Waals surface area contributed by atoms with Crippen molar-refractivity contribution in [3.8, 4) is 5.75 Å². The first kappa shape index (κ1) is 22.7. The molecule has 0 aliphatic carbocycles. The highest BCUT2D eigenvalue weighted by Gasteiger charge is 2.16. The summed E-state index contributed by atoms with van der Waals surface area (Å²) in [6, 6.07) is 11.0. The number of hydrogen-bond donors (Lipinski definition) is 4. The number of methoxy groups -OCH3 is 1. The fourth-order valence-corrected chi connectivity index (χ4v) is 2.47. The summed E-state index contributed by atoms with van der Waals surface area (Å²) in [7, 11) is 1.43. The van der Waals surface area contributed by atoms with E-state index in [9.17, 15) is 14.4 Å². The summed E-state index contributed by atoms with van der Waals surface area (Å²) in [6.07, 6.45) is -0.525. The minimum atomic E-state index is -0.713. The Hall–Kier alpha value is -3.59. The quantitative estimate of drug-likeness (QED) is 0.424. The molecule has 0 saturated carbocycles. The fraction of sp³-hybridized carbons (Fsp3) is 0.286. The Labute approximate surface area is 174 Å². The first-order chi connectivity index (χ1) is 14.1. The summed E-state index contributed by atoms with van der Waals surface area (Å²) in [6.45, 7) is 5.59. The van der Waals surface area contributed by atoms with Gasteiger partial charge < -0.3 is 20.1 Å². The highest BCUT2D eigenvalue weighted by atomic mass is 16.6. The average Bonchev–Trinajstić information content (AvgIpc) is 2.70. The Bertz CT molecular complexity index is 919. The highest BCUT2D eigenvalue weighted by molar-refractivity contribution is 6.06. The minimum Gasteiger partial charge on any atom is -0.495 e. The molecule has 2 aromatic carbocycles. The standard InChI is InChI=1S/C21H25N3O6/c1-21(2,3)30-20(27)22-12-13-5-7-14(8-6-13)18(25)23-16-11-15(19(26)24-28)9-10-17(16)29-4/h5-11,28H,12H2,1-4H3,(H,22,27)(H,23,25)(H,24,26). The van der Waals surface area contributed by atoms with Crippen molar-refractivity contribution in [2.75, 3.05) is 12.4 Å². The summed E-state index contributed by atoms with van der Waals surface area (Å²) in [5.41, 5.74) is 2.54. The molecule has 0 heterocycles. The van der Waals surface area contributed by atoms with Crippen molar-refractivity contribution in [1.29, 1.82) is 0 Å². The molecule has 9 heteroatoms. The second kappa shape index (κ2) is 9.75. The van der Waals surface area contributed by atoms with Crippen LogP contribution in [0.25, 0.3) is 0 Å². The number of carbonyl (C=O) groups is 3. The zero-order valence-electron chi connectivity index (χ0n) is 17.2. The number of hydrogen-bond acceptors (Lipinski definition) is 6. The Morgan fingerprint density at radius 1 is 0.967 bits per heavy atom. The number of carbonyl (C=O) groups excluding carboxylic acids is 3. The van der Waals surface area contributed by atoms with Gasteiger partial charge >= 0.3 is 6.09 Å². The molecule has 2 aromatic rings. The van der Waals surface area contributed by atoms with Crippen LogP contribution in [0.15, 0.2) is 42.5 Å². The van der Waals surface area contributed by atoms with Gasteiger partial charge in [-0.2, -0.15) is 0 Å². The number of alkyl carbamates (subject to hydrolysis) is 1. The first-order valence-electron chi connectivity index (χ1n) is 9.12. The van der Waals surface area contributed by atoms with Gasteiger partial charge in [-0.3, -0.25) is 14.8 Å². The molecule has 0 spiro atoms. The number of rotatable bonds is 6. The van der Waals surface area contributed by atoms with Crippen molar-refractivity contribution < 1.29 is 29.1 Å². The third-order valence-corrected chi connectivity index (χ3v) is 3.86. The van der Waals surface area contributed by atoms with Crippen LogP contribution in [0, 0.1) is 0 Å². The van der Waals surface area contributed by atoms with Crippen molar-refractivity contribution in [1.82, 2.24) is 10.8 Å².